The molecule has 0 saturated carbocycles. The van der Waals surface area contributed by atoms with Gasteiger partial charge in [0.05, 0.1) is 16.4 Å². The van der Waals surface area contributed by atoms with Crippen molar-refractivity contribution in [1.82, 2.24) is 9.88 Å². The highest BCUT2D eigenvalue weighted by atomic mass is 79.9. The molecule has 0 atom stereocenters. The third-order valence-electron chi connectivity index (χ3n) is 1.99. The van der Waals surface area contributed by atoms with Gasteiger partial charge in [-0.15, -0.1) is 0 Å². The predicted octanol–water partition coefficient (Wildman–Crippen LogP) is 1.32. The number of carbonyl (C=O) groups is 1. The molecule has 0 aliphatic heterocycles. The van der Waals surface area contributed by atoms with Crippen LogP contribution in [0.1, 0.15) is 6.42 Å². The number of amides is 1. The van der Waals surface area contributed by atoms with E-state index >= 15 is 0 Å². The first kappa shape index (κ1) is 12.8. The number of pyridine rings is 1. The molecule has 0 radical (unpaired) electrons. The fourth-order valence-corrected chi connectivity index (χ4v) is 1.60. The van der Waals surface area contributed by atoms with Crippen LogP contribution in [0.3, 0.4) is 0 Å². The molecular formula is C10H15BrN4O. The number of hydrogen-bond donors (Lipinski definition) is 2. The van der Waals surface area contributed by atoms with Crippen molar-refractivity contribution >= 4 is 33.3 Å². The summed E-state index contributed by atoms with van der Waals surface area (Å²) >= 11 is 3.34. The molecule has 0 aliphatic rings. The molecule has 6 heteroatoms. The maximum Gasteiger partial charge on any atom is 0.223 e. The highest BCUT2D eigenvalue weighted by Gasteiger charge is 2.05. The lowest BCUT2D eigenvalue weighted by Crippen LogP contribution is -2.24. The average molecular weight is 287 g/mol. The van der Waals surface area contributed by atoms with E-state index in [9.17, 15) is 4.79 Å². The molecule has 1 aromatic heterocycles. The molecule has 5 nitrogen and oxygen atoms in total. The number of anilines is 2. The quantitative estimate of drug-likeness (QED) is 0.876. The Bertz CT molecular complexity index is 381. The van der Waals surface area contributed by atoms with Gasteiger partial charge in [0.1, 0.15) is 5.82 Å². The van der Waals surface area contributed by atoms with Gasteiger partial charge in [0.2, 0.25) is 5.91 Å². The molecule has 0 unspecified atom stereocenters. The van der Waals surface area contributed by atoms with E-state index in [1.807, 2.05) is 0 Å². The minimum Gasteiger partial charge on any atom is -0.397 e. The van der Waals surface area contributed by atoms with Gasteiger partial charge in [0.25, 0.3) is 0 Å². The van der Waals surface area contributed by atoms with Gasteiger partial charge in [0.15, 0.2) is 0 Å². The van der Waals surface area contributed by atoms with Crippen molar-refractivity contribution in [1.29, 1.82) is 0 Å². The number of carbonyl (C=O) groups excluding carboxylic acids is 1. The largest absolute Gasteiger partial charge is 0.397 e. The van der Waals surface area contributed by atoms with Gasteiger partial charge in [-0.3, -0.25) is 4.79 Å². The third kappa shape index (κ3) is 3.69. The van der Waals surface area contributed by atoms with Crippen molar-refractivity contribution in [2.45, 2.75) is 6.42 Å². The Morgan fingerprint density at radius 2 is 2.31 bits per heavy atom. The molecule has 0 bridgehead atoms. The van der Waals surface area contributed by atoms with Gasteiger partial charge in [-0.05, 0) is 22.0 Å². The first-order chi connectivity index (χ1) is 7.50. The van der Waals surface area contributed by atoms with E-state index in [4.69, 9.17) is 5.73 Å². The standard InChI is InChI=1S/C10H15BrN4O/c1-15(2)9(16)3-4-13-10-8(11)5-7(12)6-14-10/h5-6H,3-4,12H2,1-2H3,(H,13,14). The first-order valence-corrected chi connectivity index (χ1v) is 5.65. The highest BCUT2D eigenvalue weighted by molar-refractivity contribution is 9.10. The van der Waals surface area contributed by atoms with Crippen LogP contribution in [0.2, 0.25) is 0 Å². The van der Waals surface area contributed by atoms with Crippen molar-refractivity contribution in [2.75, 3.05) is 31.7 Å². The maximum atomic E-state index is 11.3. The van der Waals surface area contributed by atoms with Crippen LogP contribution in [0.5, 0.6) is 0 Å². The molecule has 0 saturated heterocycles. The highest BCUT2D eigenvalue weighted by Crippen LogP contribution is 2.21. The lowest BCUT2D eigenvalue weighted by molar-refractivity contribution is -0.128. The zero-order valence-corrected chi connectivity index (χ0v) is 10.9. The summed E-state index contributed by atoms with van der Waals surface area (Å²) in [7, 11) is 3.47. The average Bonchev–Trinajstić information content (AvgIpc) is 2.20. The maximum absolute atomic E-state index is 11.3. The molecule has 0 fully saturated rings. The fourth-order valence-electron chi connectivity index (χ4n) is 1.09. The number of halogens is 1. The predicted molar refractivity (Wildman–Crippen MR) is 68.2 cm³/mol. The van der Waals surface area contributed by atoms with Crippen LogP contribution < -0.4 is 11.1 Å². The Hall–Kier alpha value is -1.30. The molecule has 1 heterocycles. The van der Waals surface area contributed by atoms with Crippen LogP contribution in [0.4, 0.5) is 11.5 Å². The Balaban J connectivity index is 2.46. The molecule has 0 spiro atoms. The van der Waals surface area contributed by atoms with E-state index in [0.29, 0.717) is 24.5 Å². The number of hydrogen-bond acceptors (Lipinski definition) is 4. The van der Waals surface area contributed by atoms with Crippen LogP contribution in [-0.4, -0.2) is 36.4 Å². The van der Waals surface area contributed by atoms with Crippen molar-refractivity contribution in [3.63, 3.8) is 0 Å². The van der Waals surface area contributed by atoms with Crippen molar-refractivity contribution in [2.24, 2.45) is 0 Å². The molecule has 0 aliphatic carbocycles. The summed E-state index contributed by atoms with van der Waals surface area (Å²) in [4.78, 5) is 17.0. The molecule has 0 aromatic carbocycles. The van der Waals surface area contributed by atoms with Gasteiger partial charge in [-0.25, -0.2) is 4.98 Å². The SMILES string of the molecule is CN(C)C(=O)CCNc1ncc(N)cc1Br. The summed E-state index contributed by atoms with van der Waals surface area (Å²) < 4.78 is 0.796. The van der Waals surface area contributed by atoms with Gasteiger partial charge in [0, 0.05) is 27.1 Å². The van der Waals surface area contributed by atoms with Crippen LogP contribution in [0, 0.1) is 0 Å². The van der Waals surface area contributed by atoms with E-state index in [-0.39, 0.29) is 5.91 Å². The monoisotopic (exact) mass is 286 g/mol. The minimum absolute atomic E-state index is 0.0825. The molecule has 88 valence electrons. The summed E-state index contributed by atoms with van der Waals surface area (Å²) in [5, 5.41) is 3.06. The third-order valence-corrected chi connectivity index (χ3v) is 2.60. The molecular weight excluding hydrogens is 272 g/mol. The second-order valence-corrected chi connectivity index (χ2v) is 4.42. The summed E-state index contributed by atoms with van der Waals surface area (Å²) in [5.74, 6) is 0.778. The number of nitrogen functional groups attached to an aromatic ring is 1. The van der Waals surface area contributed by atoms with E-state index in [0.717, 1.165) is 4.47 Å². The van der Waals surface area contributed by atoms with Crippen LogP contribution >= 0.6 is 15.9 Å². The summed E-state index contributed by atoms with van der Waals surface area (Å²) in [6.45, 7) is 0.548. The van der Waals surface area contributed by atoms with Gasteiger partial charge >= 0.3 is 0 Å². The Morgan fingerprint density at radius 1 is 1.62 bits per heavy atom. The fraction of sp³-hybridized carbons (Fsp3) is 0.400. The number of rotatable bonds is 4. The molecule has 1 amide bonds. The zero-order chi connectivity index (χ0) is 12.1. The minimum atomic E-state index is 0.0825. The van der Waals surface area contributed by atoms with Crippen molar-refractivity contribution in [3.8, 4) is 0 Å². The lowest BCUT2D eigenvalue weighted by atomic mass is 10.3. The number of nitrogens with one attached hydrogen (secondary N) is 1. The normalized spacial score (nSPS) is 9.94. The second-order valence-electron chi connectivity index (χ2n) is 3.56. The van der Waals surface area contributed by atoms with Gasteiger partial charge in [-0.1, -0.05) is 0 Å². The summed E-state index contributed by atoms with van der Waals surface area (Å²) in [6, 6.07) is 1.77. The Morgan fingerprint density at radius 3 is 2.88 bits per heavy atom. The first-order valence-electron chi connectivity index (χ1n) is 4.85. The van der Waals surface area contributed by atoms with Crippen LogP contribution in [-0.2, 0) is 4.79 Å². The van der Waals surface area contributed by atoms with E-state index in [2.05, 4.69) is 26.2 Å². The Labute approximate surface area is 103 Å². The smallest absolute Gasteiger partial charge is 0.223 e. The molecule has 16 heavy (non-hydrogen) atoms. The van der Waals surface area contributed by atoms with Crippen LogP contribution in [0.15, 0.2) is 16.7 Å². The summed E-state index contributed by atoms with van der Waals surface area (Å²) in [6.07, 6.45) is 2.01. The lowest BCUT2D eigenvalue weighted by Gasteiger charge is -2.11. The molecule has 1 aromatic rings. The molecule has 1 rings (SSSR count). The number of aromatic nitrogens is 1. The van der Waals surface area contributed by atoms with Gasteiger partial charge in [-0.2, -0.15) is 0 Å². The number of nitrogens with zero attached hydrogens (tertiary/aromatic N) is 2. The number of nitrogens with two attached hydrogens (primary N) is 1. The summed E-state index contributed by atoms with van der Waals surface area (Å²) in [5.41, 5.74) is 6.16. The van der Waals surface area contributed by atoms with Gasteiger partial charge < -0.3 is 16.0 Å². The van der Waals surface area contributed by atoms with Crippen molar-refractivity contribution in [3.05, 3.63) is 16.7 Å². The topological polar surface area (TPSA) is 71.2 Å². The zero-order valence-electron chi connectivity index (χ0n) is 9.33. The van der Waals surface area contributed by atoms with E-state index < -0.39 is 0 Å². The second kappa shape index (κ2) is 5.69. The van der Waals surface area contributed by atoms with Crippen LogP contribution in [0.25, 0.3) is 0 Å². The van der Waals surface area contributed by atoms with Crippen molar-refractivity contribution < 1.29 is 4.79 Å². The van der Waals surface area contributed by atoms with E-state index in [1.165, 1.54) is 0 Å². The van der Waals surface area contributed by atoms with E-state index in [1.54, 1.807) is 31.3 Å². The Kier molecular flexibility index (Phi) is 4.54. The molecule has 3 N–H and O–H groups in total.